The molecule has 0 unspecified atom stereocenters. The highest BCUT2D eigenvalue weighted by Crippen LogP contribution is 2.28. The number of H-pyrrole nitrogens is 1. The van der Waals surface area contributed by atoms with Crippen LogP contribution in [0, 0.1) is 0 Å². The Morgan fingerprint density at radius 2 is 1.74 bits per heavy atom. The van der Waals surface area contributed by atoms with Crippen LogP contribution in [0.25, 0.3) is 22.2 Å². The predicted octanol–water partition coefficient (Wildman–Crippen LogP) is 3.20. The van der Waals surface area contributed by atoms with E-state index in [9.17, 15) is 4.79 Å². The second kappa shape index (κ2) is 4.61. The van der Waals surface area contributed by atoms with Crippen LogP contribution in [0.5, 0.6) is 5.75 Å². The minimum atomic E-state index is 0.00950. The summed E-state index contributed by atoms with van der Waals surface area (Å²) in [6, 6.07) is 16.7. The lowest BCUT2D eigenvalue weighted by atomic mass is 10.1. The van der Waals surface area contributed by atoms with Gasteiger partial charge in [-0.15, -0.1) is 0 Å². The quantitative estimate of drug-likeness (QED) is 0.760. The van der Waals surface area contributed by atoms with Crippen molar-refractivity contribution in [3.05, 3.63) is 64.8 Å². The SMILES string of the molecule is COc1ccccc1-c1cc(=O)c2ccccc2[nH]1. The molecule has 0 radical (unpaired) electrons. The number of ether oxygens (including phenoxy) is 1. The largest absolute Gasteiger partial charge is 0.496 e. The van der Waals surface area contributed by atoms with Crippen LogP contribution in [-0.4, -0.2) is 12.1 Å². The van der Waals surface area contributed by atoms with Crippen molar-refractivity contribution in [2.24, 2.45) is 0 Å². The van der Waals surface area contributed by atoms with E-state index in [0.717, 1.165) is 22.5 Å². The molecule has 3 rings (SSSR count). The number of aromatic nitrogens is 1. The summed E-state index contributed by atoms with van der Waals surface area (Å²) in [6.07, 6.45) is 0. The number of nitrogens with one attached hydrogen (secondary N) is 1. The molecule has 2 aromatic carbocycles. The average Bonchev–Trinajstić information content (AvgIpc) is 2.47. The van der Waals surface area contributed by atoms with Crippen molar-refractivity contribution in [2.75, 3.05) is 7.11 Å². The third-order valence-corrected chi connectivity index (χ3v) is 3.13. The van der Waals surface area contributed by atoms with E-state index in [1.807, 2.05) is 48.5 Å². The maximum absolute atomic E-state index is 12.1. The first kappa shape index (κ1) is 11.5. The van der Waals surface area contributed by atoms with E-state index in [-0.39, 0.29) is 5.43 Å². The molecule has 0 bridgehead atoms. The standard InChI is InChI=1S/C16H13NO2/c1-19-16-9-5-3-7-12(16)14-10-15(18)11-6-2-4-8-13(11)17-14/h2-10H,1H3,(H,17,18). The van der Waals surface area contributed by atoms with E-state index in [0.29, 0.717) is 5.39 Å². The molecule has 0 saturated carbocycles. The van der Waals surface area contributed by atoms with Gasteiger partial charge in [-0.2, -0.15) is 0 Å². The monoisotopic (exact) mass is 251 g/mol. The Hall–Kier alpha value is -2.55. The molecule has 3 nitrogen and oxygen atoms in total. The minimum Gasteiger partial charge on any atom is -0.496 e. The van der Waals surface area contributed by atoms with Crippen LogP contribution in [0.4, 0.5) is 0 Å². The van der Waals surface area contributed by atoms with E-state index in [2.05, 4.69) is 4.98 Å². The fraction of sp³-hybridized carbons (Fsp3) is 0.0625. The lowest BCUT2D eigenvalue weighted by Crippen LogP contribution is -2.03. The van der Waals surface area contributed by atoms with E-state index in [4.69, 9.17) is 4.74 Å². The van der Waals surface area contributed by atoms with Gasteiger partial charge in [0, 0.05) is 22.5 Å². The zero-order chi connectivity index (χ0) is 13.2. The smallest absolute Gasteiger partial charge is 0.190 e. The second-order valence-electron chi connectivity index (χ2n) is 4.29. The van der Waals surface area contributed by atoms with E-state index in [1.165, 1.54) is 0 Å². The van der Waals surface area contributed by atoms with Gasteiger partial charge in [-0.05, 0) is 24.3 Å². The summed E-state index contributed by atoms with van der Waals surface area (Å²) in [4.78, 5) is 15.4. The second-order valence-corrected chi connectivity index (χ2v) is 4.29. The third-order valence-electron chi connectivity index (χ3n) is 3.13. The molecular weight excluding hydrogens is 238 g/mol. The Morgan fingerprint density at radius 1 is 1.00 bits per heavy atom. The Kier molecular flexibility index (Phi) is 2.80. The first-order valence-electron chi connectivity index (χ1n) is 6.05. The molecule has 1 aromatic heterocycles. The predicted molar refractivity (Wildman–Crippen MR) is 76.6 cm³/mol. The Bertz CT molecular complexity index is 790. The molecule has 0 spiro atoms. The summed E-state index contributed by atoms with van der Waals surface area (Å²) in [7, 11) is 1.62. The molecule has 0 amide bonds. The number of pyridine rings is 1. The number of aromatic amines is 1. The molecule has 1 N–H and O–H groups in total. The van der Waals surface area contributed by atoms with Gasteiger partial charge in [0.1, 0.15) is 5.75 Å². The number of fused-ring (bicyclic) bond motifs is 1. The third kappa shape index (κ3) is 1.99. The normalized spacial score (nSPS) is 10.6. The Balaban J connectivity index is 2.29. The maximum atomic E-state index is 12.1. The summed E-state index contributed by atoms with van der Waals surface area (Å²) in [6.45, 7) is 0. The van der Waals surface area contributed by atoms with Gasteiger partial charge in [0.05, 0.1) is 12.8 Å². The van der Waals surface area contributed by atoms with Crippen molar-refractivity contribution < 1.29 is 4.74 Å². The number of para-hydroxylation sites is 2. The van der Waals surface area contributed by atoms with E-state index >= 15 is 0 Å². The van der Waals surface area contributed by atoms with Gasteiger partial charge in [-0.1, -0.05) is 24.3 Å². The minimum absolute atomic E-state index is 0.00950. The van der Waals surface area contributed by atoms with Gasteiger partial charge in [0.15, 0.2) is 5.43 Å². The number of hydrogen-bond acceptors (Lipinski definition) is 2. The van der Waals surface area contributed by atoms with Crippen LogP contribution in [0.1, 0.15) is 0 Å². The van der Waals surface area contributed by atoms with Crippen LogP contribution in [0.3, 0.4) is 0 Å². The topological polar surface area (TPSA) is 42.1 Å². The molecule has 0 aliphatic heterocycles. The zero-order valence-corrected chi connectivity index (χ0v) is 10.5. The van der Waals surface area contributed by atoms with Gasteiger partial charge in [-0.3, -0.25) is 4.79 Å². The van der Waals surface area contributed by atoms with Crippen LogP contribution in [-0.2, 0) is 0 Å². The van der Waals surface area contributed by atoms with Gasteiger partial charge in [0.25, 0.3) is 0 Å². The summed E-state index contributed by atoms with van der Waals surface area (Å²) in [5.74, 6) is 0.744. The van der Waals surface area contributed by atoms with Crippen LogP contribution < -0.4 is 10.2 Å². The van der Waals surface area contributed by atoms with Gasteiger partial charge >= 0.3 is 0 Å². The highest BCUT2D eigenvalue weighted by Gasteiger charge is 2.07. The van der Waals surface area contributed by atoms with Crippen molar-refractivity contribution in [1.82, 2.24) is 4.98 Å². The molecule has 0 saturated heterocycles. The number of hydrogen-bond donors (Lipinski definition) is 1. The lowest BCUT2D eigenvalue weighted by molar-refractivity contribution is 0.416. The highest BCUT2D eigenvalue weighted by molar-refractivity contribution is 5.82. The summed E-state index contributed by atoms with van der Waals surface area (Å²) in [5.41, 5.74) is 2.49. The lowest BCUT2D eigenvalue weighted by Gasteiger charge is -2.09. The zero-order valence-electron chi connectivity index (χ0n) is 10.5. The van der Waals surface area contributed by atoms with Gasteiger partial charge in [0.2, 0.25) is 0 Å². The molecule has 0 fully saturated rings. The molecule has 0 aliphatic rings. The van der Waals surface area contributed by atoms with Crippen molar-refractivity contribution in [3.8, 4) is 17.0 Å². The van der Waals surface area contributed by atoms with Crippen LogP contribution >= 0.6 is 0 Å². The van der Waals surface area contributed by atoms with Crippen LogP contribution in [0.2, 0.25) is 0 Å². The number of methoxy groups -OCH3 is 1. The number of rotatable bonds is 2. The summed E-state index contributed by atoms with van der Waals surface area (Å²) >= 11 is 0. The van der Waals surface area contributed by atoms with Crippen molar-refractivity contribution in [2.45, 2.75) is 0 Å². The van der Waals surface area contributed by atoms with Crippen molar-refractivity contribution in [3.63, 3.8) is 0 Å². The molecule has 3 heteroatoms. The van der Waals surface area contributed by atoms with Crippen molar-refractivity contribution >= 4 is 10.9 Å². The van der Waals surface area contributed by atoms with Gasteiger partial charge < -0.3 is 9.72 Å². The first-order valence-corrected chi connectivity index (χ1v) is 6.05. The maximum Gasteiger partial charge on any atom is 0.190 e. The Morgan fingerprint density at radius 3 is 2.58 bits per heavy atom. The number of benzene rings is 2. The summed E-state index contributed by atoms with van der Waals surface area (Å²) < 4.78 is 5.33. The molecule has 1 heterocycles. The fourth-order valence-corrected chi connectivity index (χ4v) is 2.21. The first-order chi connectivity index (χ1) is 9.29. The Labute approximate surface area is 110 Å². The molecule has 19 heavy (non-hydrogen) atoms. The molecule has 0 atom stereocenters. The molecular formula is C16H13NO2. The van der Waals surface area contributed by atoms with E-state index < -0.39 is 0 Å². The van der Waals surface area contributed by atoms with Gasteiger partial charge in [-0.25, -0.2) is 0 Å². The fourth-order valence-electron chi connectivity index (χ4n) is 2.21. The highest BCUT2D eigenvalue weighted by atomic mass is 16.5. The molecule has 94 valence electrons. The summed E-state index contributed by atoms with van der Waals surface area (Å²) in [5, 5.41) is 0.696. The average molecular weight is 251 g/mol. The molecule has 0 aliphatic carbocycles. The molecule has 3 aromatic rings. The van der Waals surface area contributed by atoms with E-state index in [1.54, 1.807) is 13.2 Å². The van der Waals surface area contributed by atoms with Crippen molar-refractivity contribution in [1.29, 1.82) is 0 Å². The van der Waals surface area contributed by atoms with Crippen LogP contribution in [0.15, 0.2) is 59.4 Å².